The van der Waals surface area contributed by atoms with E-state index >= 15 is 0 Å². The number of nitrogens with zero attached hydrogens (tertiary/aromatic N) is 2. The normalized spacial score (nSPS) is 12.0. The number of hydrogen-bond acceptors (Lipinski definition) is 3. The first-order valence-electron chi connectivity index (χ1n) is 8.24. The fourth-order valence-corrected chi connectivity index (χ4v) is 2.53. The molecule has 0 aliphatic carbocycles. The predicted molar refractivity (Wildman–Crippen MR) is 116 cm³/mol. The molecule has 0 amide bonds. The van der Waals surface area contributed by atoms with E-state index in [9.17, 15) is 10.1 Å². The number of aliphatic imine (C=N–C) groups is 1. The fraction of sp³-hybridized carbons (Fsp3) is 0.316. The molecule has 1 unspecified atom stereocenters. The summed E-state index contributed by atoms with van der Waals surface area (Å²) in [4.78, 5) is 14.6. The van der Waals surface area contributed by atoms with Gasteiger partial charge in [0, 0.05) is 32.3 Å². The highest BCUT2D eigenvalue weighted by atomic mass is 127. The van der Waals surface area contributed by atoms with Crippen LogP contribution in [-0.2, 0) is 6.54 Å². The lowest BCUT2D eigenvalue weighted by atomic mass is 9.99. The van der Waals surface area contributed by atoms with Crippen molar-refractivity contribution in [1.29, 1.82) is 0 Å². The second kappa shape index (κ2) is 10.7. The largest absolute Gasteiger partial charge is 0.356 e. The van der Waals surface area contributed by atoms with Gasteiger partial charge in [-0.05, 0) is 24.0 Å². The SMILES string of the molecule is CN=C(NCc1cccc([N+](=O)[O-])c1)NCC(C)c1cccc(C)c1.I. The summed E-state index contributed by atoms with van der Waals surface area (Å²) in [5, 5.41) is 17.3. The number of aryl methyl sites for hydroxylation is 1. The van der Waals surface area contributed by atoms with Gasteiger partial charge in [-0.3, -0.25) is 15.1 Å². The number of halogens is 1. The van der Waals surface area contributed by atoms with Crippen molar-refractivity contribution in [2.45, 2.75) is 26.3 Å². The molecule has 0 saturated heterocycles. The second-order valence-electron chi connectivity index (χ2n) is 6.05. The van der Waals surface area contributed by atoms with Crippen LogP contribution in [-0.4, -0.2) is 24.5 Å². The molecule has 2 rings (SSSR count). The third-order valence-electron chi connectivity index (χ3n) is 3.99. The molecule has 0 aromatic heterocycles. The lowest BCUT2D eigenvalue weighted by Gasteiger charge is -2.17. The molecule has 7 heteroatoms. The van der Waals surface area contributed by atoms with Crippen molar-refractivity contribution in [3.05, 3.63) is 75.3 Å². The summed E-state index contributed by atoms with van der Waals surface area (Å²) in [6, 6.07) is 15.0. The maximum atomic E-state index is 10.8. The van der Waals surface area contributed by atoms with Crippen molar-refractivity contribution in [1.82, 2.24) is 10.6 Å². The van der Waals surface area contributed by atoms with Crippen LogP contribution in [0.3, 0.4) is 0 Å². The molecule has 2 aromatic carbocycles. The van der Waals surface area contributed by atoms with Gasteiger partial charge in [0.2, 0.25) is 0 Å². The van der Waals surface area contributed by atoms with Crippen molar-refractivity contribution in [3.8, 4) is 0 Å². The molecule has 0 spiro atoms. The molecule has 0 aliphatic heterocycles. The van der Waals surface area contributed by atoms with Crippen LogP contribution in [0.5, 0.6) is 0 Å². The summed E-state index contributed by atoms with van der Waals surface area (Å²) >= 11 is 0. The smallest absolute Gasteiger partial charge is 0.269 e. The highest BCUT2D eigenvalue weighted by molar-refractivity contribution is 14.0. The van der Waals surface area contributed by atoms with Crippen LogP contribution >= 0.6 is 24.0 Å². The first-order valence-corrected chi connectivity index (χ1v) is 8.24. The first-order chi connectivity index (χ1) is 12.0. The number of benzene rings is 2. The Labute approximate surface area is 171 Å². The van der Waals surface area contributed by atoms with Gasteiger partial charge in [-0.15, -0.1) is 24.0 Å². The van der Waals surface area contributed by atoms with Gasteiger partial charge in [-0.2, -0.15) is 0 Å². The van der Waals surface area contributed by atoms with E-state index in [0.717, 1.165) is 12.1 Å². The van der Waals surface area contributed by atoms with Crippen LogP contribution in [0.1, 0.15) is 29.5 Å². The van der Waals surface area contributed by atoms with Crippen molar-refractivity contribution in [2.24, 2.45) is 4.99 Å². The van der Waals surface area contributed by atoms with E-state index in [0.29, 0.717) is 18.4 Å². The van der Waals surface area contributed by atoms with E-state index < -0.39 is 0 Å². The molecule has 2 aromatic rings. The molecule has 26 heavy (non-hydrogen) atoms. The molecule has 0 aliphatic rings. The molecule has 0 heterocycles. The quantitative estimate of drug-likeness (QED) is 0.221. The maximum absolute atomic E-state index is 10.8. The van der Waals surface area contributed by atoms with Gasteiger partial charge in [0.15, 0.2) is 5.96 Å². The number of nitrogens with one attached hydrogen (secondary N) is 2. The Bertz CT molecular complexity index is 765. The summed E-state index contributed by atoms with van der Waals surface area (Å²) < 4.78 is 0. The standard InChI is InChI=1S/C19H24N4O2.HI/c1-14-6-4-8-17(10-14)15(2)12-21-19(20-3)22-13-16-7-5-9-18(11-16)23(24)25;/h4-11,15H,12-13H2,1-3H3,(H2,20,21,22);1H. The average molecular weight is 468 g/mol. The summed E-state index contributed by atoms with van der Waals surface area (Å²) in [5.74, 6) is 1.02. The molecule has 0 saturated carbocycles. The van der Waals surface area contributed by atoms with Crippen molar-refractivity contribution in [2.75, 3.05) is 13.6 Å². The predicted octanol–water partition coefficient (Wildman–Crippen LogP) is 3.99. The van der Waals surface area contributed by atoms with E-state index in [1.807, 2.05) is 6.07 Å². The lowest BCUT2D eigenvalue weighted by molar-refractivity contribution is -0.384. The third-order valence-corrected chi connectivity index (χ3v) is 3.99. The summed E-state index contributed by atoms with van der Waals surface area (Å²) in [7, 11) is 1.71. The molecule has 0 fully saturated rings. The maximum Gasteiger partial charge on any atom is 0.269 e. The minimum atomic E-state index is -0.389. The molecular formula is C19H25IN4O2. The van der Waals surface area contributed by atoms with E-state index in [1.165, 1.54) is 17.2 Å². The van der Waals surface area contributed by atoms with Gasteiger partial charge >= 0.3 is 0 Å². The zero-order valence-corrected chi connectivity index (χ0v) is 17.6. The van der Waals surface area contributed by atoms with Crippen molar-refractivity contribution >= 4 is 35.6 Å². The van der Waals surface area contributed by atoms with Crippen LogP contribution in [0.25, 0.3) is 0 Å². The molecule has 140 valence electrons. The number of hydrogen-bond donors (Lipinski definition) is 2. The Morgan fingerprint density at radius 2 is 1.92 bits per heavy atom. The number of nitro groups is 1. The third kappa shape index (κ3) is 6.62. The molecule has 0 bridgehead atoms. The number of nitro benzene ring substituents is 1. The van der Waals surface area contributed by atoms with Gasteiger partial charge in [0.25, 0.3) is 5.69 Å². The lowest BCUT2D eigenvalue weighted by Crippen LogP contribution is -2.38. The Morgan fingerprint density at radius 1 is 1.19 bits per heavy atom. The Kier molecular flexibility index (Phi) is 9.04. The number of non-ortho nitro benzene ring substituents is 1. The van der Waals surface area contributed by atoms with Crippen LogP contribution in [0.15, 0.2) is 53.5 Å². The van der Waals surface area contributed by atoms with E-state index in [-0.39, 0.29) is 34.6 Å². The molecule has 0 radical (unpaired) electrons. The van der Waals surface area contributed by atoms with E-state index in [4.69, 9.17) is 0 Å². The van der Waals surface area contributed by atoms with Gasteiger partial charge in [-0.1, -0.05) is 48.9 Å². The monoisotopic (exact) mass is 468 g/mol. The topological polar surface area (TPSA) is 79.6 Å². The zero-order chi connectivity index (χ0) is 18.2. The van der Waals surface area contributed by atoms with Gasteiger partial charge in [0.1, 0.15) is 0 Å². The Hall–Kier alpha value is -2.16. The van der Waals surface area contributed by atoms with Crippen molar-refractivity contribution < 1.29 is 4.92 Å². The average Bonchev–Trinajstić information content (AvgIpc) is 2.61. The van der Waals surface area contributed by atoms with Gasteiger partial charge < -0.3 is 10.6 Å². The minimum absolute atomic E-state index is 0. The Balaban J connectivity index is 0.00000338. The van der Waals surface area contributed by atoms with E-state index in [2.05, 4.69) is 53.7 Å². The van der Waals surface area contributed by atoms with Crippen LogP contribution < -0.4 is 10.6 Å². The van der Waals surface area contributed by atoms with Crippen molar-refractivity contribution in [3.63, 3.8) is 0 Å². The van der Waals surface area contributed by atoms with Gasteiger partial charge in [-0.25, -0.2) is 0 Å². The highest BCUT2D eigenvalue weighted by Crippen LogP contribution is 2.15. The molecule has 1 atom stereocenters. The zero-order valence-electron chi connectivity index (χ0n) is 15.2. The van der Waals surface area contributed by atoms with Crippen LogP contribution in [0, 0.1) is 17.0 Å². The van der Waals surface area contributed by atoms with Crippen LogP contribution in [0.4, 0.5) is 5.69 Å². The van der Waals surface area contributed by atoms with Gasteiger partial charge in [0.05, 0.1) is 4.92 Å². The van der Waals surface area contributed by atoms with E-state index in [1.54, 1.807) is 19.2 Å². The minimum Gasteiger partial charge on any atom is -0.356 e. The van der Waals surface area contributed by atoms with Crippen LogP contribution in [0.2, 0.25) is 0 Å². The number of guanidine groups is 1. The first kappa shape index (κ1) is 21.9. The summed E-state index contributed by atoms with van der Waals surface area (Å²) in [6.07, 6.45) is 0. The molecule has 6 nitrogen and oxygen atoms in total. The second-order valence-corrected chi connectivity index (χ2v) is 6.05. The molecule has 2 N–H and O–H groups in total. The molecular weight excluding hydrogens is 443 g/mol. The highest BCUT2D eigenvalue weighted by Gasteiger charge is 2.08. The Morgan fingerprint density at radius 3 is 2.58 bits per heavy atom. The summed E-state index contributed by atoms with van der Waals surface area (Å²) in [5.41, 5.74) is 3.46. The number of rotatable bonds is 6. The summed E-state index contributed by atoms with van der Waals surface area (Å²) in [6.45, 7) is 5.47. The fourth-order valence-electron chi connectivity index (χ4n) is 2.53.